The summed E-state index contributed by atoms with van der Waals surface area (Å²) >= 11 is 0. The average Bonchev–Trinajstić information content (AvgIpc) is 3.04. The maximum Gasteiger partial charge on any atom is 0.298 e. The number of nitrogens with zero attached hydrogens (tertiary/aromatic N) is 4. The molecule has 3 heterocycles. The summed E-state index contributed by atoms with van der Waals surface area (Å²) in [4.78, 5) is 6.54. The minimum Gasteiger partial charge on any atom is -0.423 e. The molecule has 1 aromatic carbocycles. The van der Waals surface area contributed by atoms with Gasteiger partial charge in [0.05, 0.1) is 5.60 Å². The number of benzene rings is 1. The van der Waals surface area contributed by atoms with E-state index in [9.17, 15) is 13.5 Å². The first-order valence-electron chi connectivity index (χ1n) is 8.80. The molecule has 0 amide bonds. The highest BCUT2D eigenvalue weighted by Crippen LogP contribution is 2.38. The molecular formula is C17H24N4O4S. The molecule has 0 bridgehead atoms. The van der Waals surface area contributed by atoms with E-state index in [1.165, 1.54) is 22.7 Å². The Morgan fingerprint density at radius 2 is 1.96 bits per heavy atom. The molecule has 2 aliphatic heterocycles. The third-order valence-corrected chi connectivity index (χ3v) is 7.48. The van der Waals surface area contributed by atoms with Gasteiger partial charge >= 0.3 is 0 Å². The van der Waals surface area contributed by atoms with Crippen molar-refractivity contribution >= 4 is 27.3 Å². The van der Waals surface area contributed by atoms with Crippen LogP contribution in [0.2, 0.25) is 0 Å². The third kappa shape index (κ3) is 2.88. The fraction of sp³-hybridized carbons (Fsp3) is 0.588. The second-order valence-corrected chi connectivity index (χ2v) is 9.50. The maximum atomic E-state index is 12.5. The van der Waals surface area contributed by atoms with Gasteiger partial charge in [-0.3, -0.25) is 0 Å². The lowest BCUT2D eigenvalue weighted by atomic mass is 9.76. The Hall–Kier alpha value is -1.68. The van der Waals surface area contributed by atoms with E-state index in [-0.39, 0.29) is 5.92 Å². The Balaban J connectivity index is 1.56. The van der Waals surface area contributed by atoms with Crippen LogP contribution in [0.3, 0.4) is 0 Å². The molecule has 2 unspecified atom stereocenters. The van der Waals surface area contributed by atoms with Crippen molar-refractivity contribution < 1.29 is 17.9 Å². The van der Waals surface area contributed by atoms with Crippen LogP contribution in [0.1, 0.15) is 12.8 Å². The van der Waals surface area contributed by atoms with E-state index in [0.29, 0.717) is 45.0 Å². The lowest BCUT2D eigenvalue weighted by molar-refractivity contribution is -0.0699. The van der Waals surface area contributed by atoms with Crippen molar-refractivity contribution in [2.45, 2.75) is 18.4 Å². The highest BCUT2D eigenvalue weighted by Gasteiger charge is 2.48. The van der Waals surface area contributed by atoms with Gasteiger partial charge in [-0.2, -0.15) is 22.0 Å². The van der Waals surface area contributed by atoms with Crippen LogP contribution in [0, 0.1) is 5.92 Å². The van der Waals surface area contributed by atoms with Crippen LogP contribution >= 0.6 is 0 Å². The third-order valence-electron chi connectivity index (χ3n) is 5.57. The fourth-order valence-electron chi connectivity index (χ4n) is 3.88. The zero-order chi connectivity index (χ0) is 18.5. The van der Waals surface area contributed by atoms with Gasteiger partial charge in [0.15, 0.2) is 5.58 Å². The first-order valence-corrected chi connectivity index (χ1v) is 10.2. The summed E-state index contributed by atoms with van der Waals surface area (Å²) in [5.74, 6) is -0.185. The van der Waals surface area contributed by atoms with Crippen molar-refractivity contribution in [3.8, 4) is 0 Å². The number of aliphatic hydroxyl groups is 1. The quantitative estimate of drug-likeness (QED) is 0.851. The SMILES string of the molecule is CN(C)S(=O)(=O)N1CCC2(O)CCN(c3nc4ccccc4o3)CC2C1. The van der Waals surface area contributed by atoms with Gasteiger partial charge in [-0.05, 0) is 25.0 Å². The van der Waals surface area contributed by atoms with E-state index in [0.717, 1.165) is 11.1 Å². The molecule has 2 saturated heterocycles. The van der Waals surface area contributed by atoms with Crippen LogP contribution in [0.25, 0.3) is 11.1 Å². The molecule has 0 saturated carbocycles. The van der Waals surface area contributed by atoms with Crippen LogP contribution < -0.4 is 4.90 Å². The molecular weight excluding hydrogens is 356 g/mol. The molecule has 2 aromatic rings. The predicted molar refractivity (Wildman–Crippen MR) is 98.1 cm³/mol. The molecule has 8 nitrogen and oxygen atoms in total. The molecule has 4 rings (SSSR count). The van der Waals surface area contributed by atoms with E-state index < -0.39 is 15.8 Å². The normalized spacial score (nSPS) is 27.8. The summed E-state index contributed by atoms with van der Waals surface area (Å²) in [7, 11) is -0.423. The first-order chi connectivity index (χ1) is 12.3. The smallest absolute Gasteiger partial charge is 0.298 e. The van der Waals surface area contributed by atoms with Crippen LogP contribution in [-0.2, 0) is 10.2 Å². The molecule has 0 spiro atoms. The second kappa shape index (κ2) is 6.19. The highest BCUT2D eigenvalue weighted by molar-refractivity contribution is 7.86. The van der Waals surface area contributed by atoms with Gasteiger partial charge < -0.3 is 14.4 Å². The lowest BCUT2D eigenvalue weighted by Gasteiger charge is -2.49. The standard InChI is InChI=1S/C17H24N4O4S/c1-19(2)26(23,24)21-10-8-17(22)7-9-20(11-13(17)12-21)16-18-14-5-3-4-6-15(14)25-16/h3-6,13,22H,7-12H2,1-2H3. The van der Waals surface area contributed by atoms with Gasteiger partial charge in [0.1, 0.15) is 5.52 Å². The minimum absolute atomic E-state index is 0.185. The number of aromatic nitrogens is 1. The summed E-state index contributed by atoms with van der Waals surface area (Å²) < 4.78 is 33.4. The van der Waals surface area contributed by atoms with Gasteiger partial charge in [-0.25, -0.2) is 0 Å². The molecule has 1 N–H and O–H groups in total. The van der Waals surface area contributed by atoms with Crippen LogP contribution in [0.5, 0.6) is 0 Å². The monoisotopic (exact) mass is 380 g/mol. The molecule has 26 heavy (non-hydrogen) atoms. The molecule has 142 valence electrons. The van der Waals surface area contributed by atoms with Gasteiger partial charge in [0, 0.05) is 46.2 Å². The number of hydrogen-bond acceptors (Lipinski definition) is 6. The van der Waals surface area contributed by atoms with Crippen molar-refractivity contribution in [1.29, 1.82) is 0 Å². The Morgan fingerprint density at radius 3 is 2.69 bits per heavy atom. The summed E-state index contributed by atoms with van der Waals surface area (Å²) in [6.07, 6.45) is 1.03. The molecule has 2 fully saturated rings. The number of fused-ring (bicyclic) bond motifs is 2. The van der Waals surface area contributed by atoms with Crippen molar-refractivity contribution in [1.82, 2.24) is 13.6 Å². The highest BCUT2D eigenvalue weighted by atomic mass is 32.2. The summed E-state index contributed by atoms with van der Waals surface area (Å²) in [5.41, 5.74) is 0.688. The molecule has 2 atom stereocenters. The zero-order valence-corrected chi connectivity index (χ0v) is 15.8. The van der Waals surface area contributed by atoms with Gasteiger partial charge in [-0.1, -0.05) is 12.1 Å². The van der Waals surface area contributed by atoms with E-state index in [1.54, 1.807) is 0 Å². The zero-order valence-electron chi connectivity index (χ0n) is 15.0. The largest absolute Gasteiger partial charge is 0.423 e. The number of anilines is 1. The number of piperidine rings is 2. The first kappa shape index (κ1) is 17.7. The van der Waals surface area contributed by atoms with Gasteiger partial charge in [-0.15, -0.1) is 0 Å². The Labute approximate surface area is 153 Å². The molecule has 1 aromatic heterocycles. The fourth-order valence-corrected chi connectivity index (χ4v) is 5.03. The Morgan fingerprint density at radius 1 is 1.23 bits per heavy atom. The van der Waals surface area contributed by atoms with Crippen molar-refractivity contribution in [3.05, 3.63) is 24.3 Å². The van der Waals surface area contributed by atoms with Crippen LogP contribution in [-0.4, -0.2) is 73.0 Å². The lowest BCUT2D eigenvalue weighted by Crippen LogP contribution is -2.61. The van der Waals surface area contributed by atoms with Crippen molar-refractivity contribution in [3.63, 3.8) is 0 Å². The van der Waals surface area contributed by atoms with Crippen molar-refractivity contribution in [2.75, 3.05) is 45.2 Å². The van der Waals surface area contributed by atoms with Crippen LogP contribution in [0.4, 0.5) is 6.01 Å². The molecule has 2 aliphatic rings. The minimum atomic E-state index is -3.48. The molecule has 0 aliphatic carbocycles. The van der Waals surface area contributed by atoms with E-state index >= 15 is 0 Å². The summed E-state index contributed by atoms with van der Waals surface area (Å²) in [5, 5.41) is 11.0. The topological polar surface area (TPSA) is 90.1 Å². The maximum absolute atomic E-state index is 12.5. The summed E-state index contributed by atoms with van der Waals surface area (Å²) in [6, 6.07) is 8.11. The number of hydrogen-bond donors (Lipinski definition) is 1. The summed E-state index contributed by atoms with van der Waals surface area (Å²) in [6.45, 7) is 1.80. The molecule has 0 radical (unpaired) electrons. The number of oxazole rings is 1. The van der Waals surface area contributed by atoms with Crippen LogP contribution in [0.15, 0.2) is 28.7 Å². The molecule has 9 heteroatoms. The Kier molecular flexibility index (Phi) is 4.22. The number of rotatable bonds is 3. The van der Waals surface area contributed by atoms with E-state index in [1.807, 2.05) is 29.2 Å². The average molecular weight is 380 g/mol. The number of para-hydroxylation sites is 2. The second-order valence-electron chi connectivity index (χ2n) is 7.36. The van der Waals surface area contributed by atoms with E-state index in [4.69, 9.17) is 4.42 Å². The van der Waals surface area contributed by atoms with Crippen molar-refractivity contribution in [2.24, 2.45) is 5.92 Å². The predicted octanol–water partition coefficient (Wildman–Crippen LogP) is 0.897. The van der Waals surface area contributed by atoms with Gasteiger partial charge in [0.2, 0.25) is 0 Å². The van der Waals surface area contributed by atoms with Gasteiger partial charge in [0.25, 0.3) is 16.2 Å². The van der Waals surface area contributed by atoms with E-state index in [2.05, 4.69) is 4.98 Å². The Bertz CT molecular complexity index is 879.